The van der Waals surface area contributed by atoms with Crippen LogP contribution in [0.3, 0.4) is 0 Å². The molecule has 0 aliphatic carbocycles. The van der Waals surface area contributed by atoms with Gasteiger partial charge in [-0.2, -0.15) is 0 Å². The summed E-state index contributed by atoms with van der Waals surface area (Å²) >= 11 is 9.71. The van der Waals surface area contributed by atoms with Crippen LogP contribution < -0.4 is 5.32 Å². The minimum Gasteiger partial charge on any atom is -0.345 e. The first-order valence-electron chi connectivity index (χ1n) is 8.08. The van der Waals surface area contributed by atoms with E-state index in [0.717, 1.165) is 33.6 Å². The van der Waals surface area contributed by atoms with Gasteiger partial charge in [0.2, 0.25) is 0 Å². The van der Waals surface area contributed by atoms with Crippen molar-refractivity contribution in [3.8, 4) is 0 Å². The molecule has 6 heteroatoms. The van der Waals surface area contributed by atoms with E-state index in [9.17, 15) is 4.79 Å². The Balaban J connectivity index is 1.70. The average Bonchev–Trinajstić information content (AvgIpc) is 3.14. The van der Waals surface area contributed by atoms with Crippen molar-refractivity contribution in [2.45, 2.75) is 18.7 Å². The number of hydrogen-bond acceptors (Lipinski definition) is 4. The van der Waals surface area contributed by atoms with E-state index in [-0.39, 0.29) is 11.9 Å². The molecule has 1 N–H and O–H groups in total. The summed E-state index contributed by atoms with van der Waals surface area (Å²) in [6.07, 6.45) is 0. The lowest BCUT2D eigenvalue weighted by molar-refractivity contribution is 0.0939. The summed E-state index contributed by atoms with van der Waals surface area (Å²) in [7, 11) is 0. The highest BCUT2D eigenvalue weighted by Gasteiger charge is 2.17. The largest absolute Gasteiger partial charge is 0.345 e. The Bertz CT molecular complexity index is 794. The third kappa shape index (κ3) is 4.81. The molecule has 1 atom stereocenters. The van der Waals surface area contributed by atoms with E-state index < -0.39 is 0 Å². The highest BCUT2D eigenvalue weighted by atomic mass is 35.5. The molecule has 1 aliphatic heterocycles. The number of nitrogens with one attached hydrogen (secondary N) is 1. The fourth-order valence-electron chi connectivity index (χ4n) is 2.59. The average molecular weight is 391 g/mol. The molecule has 2 aromatic rings. The molecule has 0 saturated heterocycles. The summed E-state index contributed by atoms with van der Waals surface area (Å²) in [5.74, 6) is 1.72. The van der Waals surface area contributed by atoms with Crippen LogP contribution >= 0.6 is 35.1 Å². The van der Waals surface area contributed by atoms with E-state index in [0.29, 0.717) is 10.6 Å². The monoisotopic (exact) mass is 390 g/mol. The molecule has 0 saturated carbocycles. The maximum atomic E-state index is 12.8. The molecule has 0 radical (unpaired) electrons. The minimum atomic E-state index is -0.156. The van der Waals surface area contributed by atoms with E-state index in [1.807, 2.05) is 55.5 Å². The Kier molecular flexibility index (Phi) is 6.45. The van der Waals surface area contributed by atoms with Gasteiger partial charge in [-0.3, -0.25) is 9.79 Å². The molecule has 1 heterocycles. The van der Waals surface area contributed by atoms with Crippen molar-refractivity contribution >= 4 is 45.4 Å². The van der Waals surface area contributed by atoms with E-state index in [2.05, 4.69) is 10.3 Å². The maximum absolute atomic E-state index is 12.8. The van der Waals surface area contributed by atoms with Crippen molar-refractivity contribution in [2.24, 2.45) is 4.99 Å². The quantitative estimate of drug-likeness (QED) is 0.765. The molecular weight excluding hydrogens is 372 g/mol. The lowest BCUT2D eigenvalue weighted by Gasteiger charge is -2.17. The number of carbonyl (C=O) groups excluding carboxylic acids is 1. The van der Waals surface area contributed by atoms with Gasteiger partial charge in [0, 0.05) is 22.1 Å². The number of halogens is 1. The van der Waals surface area contributed by atoms with Crippen LogP contribution in [0.15, 0.2) is 53.5 Å². The molecule has 130 valence electrons. The van der Waals surface area contributed by atoms with Crippen molar-refractivity contribution in [3.05, 3.63) is 70.2 Å². The molecular formula is C19H19ClN2OS2. The van der Waals surface area contributed by atoms with Crippen LogP contribution in [0.4, 0.5) is 0 Å². The predicted octanol–water partition coefficient (Wildman–Crippen LogP) is 5.17. The van der Waals surface area contributed by atoms with Crippen molar-refractivity contribution in [3.63, 3.8) is 0 Å². The van der Waals surface area contributed by atoms with Gasteiger partial charge in [-0.15, -0.1) is 0 Å². The summed E-state index contributed by atoms with van der Waals surface area (Å²) in [6, 6.07) is 15.2. The first kappa shape index (κ1) is 18.4. The van der Waals surface area contributed by atoms with Gasteiger partial charge in [0.1, 0.15) is 4.38 Å². The Morgan fingerprint density at radius 2 is 2.04 bits per heavy atom. The molecule has 2 aromatic carbocycles. The Labute approximate surface area is 161 Å². The van der Waals surface area contributed by atoms with Crippen LogP contribution in [0.2, 0.25) is 5.02 Å². The molecule has 3 rings (SSSR count). The lowest BCUT2D eigenvalue weighted by atomic mass is 10.1. The zero-order valence-corrected chi connectivity index (χ0v) is 16.3. The summed E-state index contributed by atoms with van der Waals surface area (Å²) in [6.45, 7) is 2.84. The van der Waals surface area contributed by atoms with E-state index in [1.54, 1.807) is 23.5 Å². The summed E-state index contributed by atoms with van der Waals surface area (Å²) in [5.41, 5.74) is 2.64. The van der Waals surface area contributed by atoms with Crippen LogP contribution in [0.1, 0.15) is 34.5 Å². The molecule has 1 unspecified atom stereocenters. The third-order valence-corrected chi connectivity index (χ3v) is 6.54. The molecule has 25 heavy (non-hydrogen) atoms. The number of nitrogens with zero attached hydrogens (tertiary/aromatic N) is 1. The third-order valence-electron chi connectivity index (χ3n) is 3.89. The first-order valence-corrected chi connectivity index (χ1v) is 10.4. The first-order chi connectivity index (χ1) is 12.1. The van der Waals surface area contributed by atoms with Gasteiger partial charge in [0.25, 0.3) is 5.91 Å². The molecule has 0 aromatic heterocycles. The molecule has 1 amide bonds. The second-order valence-corrected chi connectivity index (χ2v) is 8.37. The standard InChI is InChI=1S/C19H19ClN2OS2/c1-13(15-7-4-5-9-17(15)20)22-18(23)16-8-3-2-6-14(16)12-25-19-21-10-11-24-19/h2-9,13H,10-12H2,1H3,(H,22,23). The van der Waals surface area contributed by atoms with E-state index in [1.165, 1.54) is 0 Å². The summed E-state index contributed by atoms with van der Waals surface area (Å²) in [4.78, 5) is 17.2. The second-order valence-electron chi connectivity index (χ2n) is 5.66. The number of hydrogen-bond donors (Lipinski definition) is 1. The highest BCUT2D eigenvalue weighted by molar-refractivity contribution is 8.38. The SMILES string of the molecule is CC(NC(=O)c1ccccc1CSC1=NCCS1)c1ccccc1Cl. The van der Waals surface area contributed by atoms with Gasteiger partial charge in [-0.1, -0.05) is 71.5 Å². The number of carbonyl (C=O) groups is 1. The smallest absolute Gasteiger partial charge is 0.252 e. The zero-order valence-electron chi connectivity index (χ0n) is 13.9. The van der Waals surface area contributed by atoms with Crippen LogP contribution in [-0.4, -0.2) is 22.6 Å². The fourth-order valence-corrected chi connectivity index (χ4v) is 4.90. The minimum absolute atomic E-state index is 0.0790. The number of amides is 1. The summed E-state index contributed by atoms with van der Waals surface area (Å²) < 4.78 is 1.11. The molecule has 0 fully saturated rings. The van der Waals surface area contributed by atoms with Crippen molar-refractivity contribution in [1.29, 1.82) is 0 Å². The maximum Gasteiger partial charge on any atom is 0.252 e. The Morgan fingerprint density at radius 1 is 1.28 bits per heavy atom. The van der Waals surface area contributed by atoms with Crippen LogP contribution in [0.25, 0.3) is 0 Å². The zero-order chi connectivity index (χ0) is 17.6. The van der Waals surface area contributed by atoms with Crippen LogP contribution in [0.5, 0.6) is 0 Å². The fraction of sp³-hybridized carbons (Fsp3) is 0.263. The van der Waals surface area contributed by atoms with Crippen molar-refractivity contribution < 1.29 is 4.79 Å². The summed E-state index contributed by atoms with van der Waals surface area (Å²) in [5, 5.41) is 3.72. The number of benzene rings is 2. The predicted molar refractivity (Wildman–Crippen MR) is 110 cm³/mol. The number of thioether (sulfide) groups is 2. The Hall–Kier alpha value is -1.43. The van der Waals surface area contributed by atoms with E-state index in [4.69, 9.17) is 11.6 Å². The van der Waals surface area contributed by atoms with Crippen LogP contribution in [0, 0.1) is 0 Å². The highest BCUT2D eigenvalue weighted by Crippen LogP contribution is 2.27. The second kappa shape index (κ2) is 8.79. The molecule has 0 bridgehead atoms. The van der Waals surface area contributed by atoms with Crippen molar-refractivity contribution in [1.82, 2.24) is 5.32 Å². The van der Waals surface area contributed by atoms with Gasteiger partial charge < -0.3 is 5.32 Å². The normalized spacial score (nSPS) is 14.9. The van der Waals surface area contributed by atoms with Crippen molar-refractivity contribution in [2.75, 3.05) is 12.3 Å². The van der Waals surface area contributed by atoms with Crippen LogP contribution in [-0.2, 0) is 5.75 Å². The van der Waals surface area contributed by atoms with Gasteiger partial charge in [-0.25, -0.2) is 0 Å². The Morgan fingerprint density at radius 3 is 2.80 bits per heavy atom. The van der Waals surface area contributed by atoms with Gasteiger partial charge in [0.15, 0.2) is 0 Å². The molecule has 1 aliphatic rings. The van der Waals surface area contributed by atoms with Gasteiger partial charge in [-0.05, 0) is 30.2 Å². The van der Waals surface area contributed by atoms with E-state index >= 15 is 0 Å². The number of aliphatic imine (C=N–C) groups is 1. The number of rotatable bonds is 5. The molecule has 3 nitrogen and oxygen atoms in total. The van der Waals surface area contributed by atoms with Gasteiger partial charge >= 0.3 is 0 Å². The topological polar surface area (TPSA) is 41.5 Å². The van der Waals surface area contributed by atoms with Gasteiger partial charge in [0.05, 0.1) is 12.6 Å². The molecule has 0 spiro atoms. The lowest BCUT2D eigenvalue weighted by Crippen LogP contribution is -2.27.